The van der Waals surface area contributed by atoms with E-state index in [4.69, 9.17) is 4.98 Å². The van der Waals surface area contributed by atoms with Crippen LogP contribution in [0.25, 0.3) is 10.6 Å². The van der Waals surface area contributed by atoms with Gasteiger partial charge in [-0.3, -0.25) is 9.78 Å². The zero-order valence-corrected chi connectivity index (χ0v) is 17.9. The molecule has 1 aromatic carbocycles. The number of hydrogen-bond donors (Lipinski definition) is 1. The van der Waals surface area contributed by atoms with Crippen LogP contribution in [0, 0.1) is 6.92 Å². The number of nitrogens with zero attached hydrogens (tertiary/aromatic N) is 2. The first kappa shape index (κ1) is 20.6. The van der Waals surface area contributed by atoms with Gasteiger partial charge in [-0.25, -0.2) is 4.98 Å². The van der Waals surface area contributed by atoms with E-state index in [0.717, 1.165) is 40.4 Å². The fraction of sp³-hybridized carbons (Fsp3) is 0.318. The van der Waals surface area contributed by atoms with Crippen LogP contribution in [0.5, 0.6) is 0 Å². The Kier molecular flexibility index (Phi) is 7.62. The van der Waals surface area contributed by atoms with Crippen LogP contribution in [0.3, 0.4) is 0 Å². The molecule has 0 radical (unpaired) electrons. The first-order chi connectivity index (χ1) is 13.7. The lowest BCUT2D eigenvalue weighted by atomic mass is 10.1. The van der Waals surface area contributed by atoms with Crippen molar-refractivity contribution in [3.63, 3.8) is 0 Å². The Bertz CT molecular complexity index is 892. The molecule has 0 aliphatic heterocycles. The minimum absolute atomic E-state index is 0.0754. The van der Waals surface area contributed by atoms with Gasteiger partial charge in [0.25, 0.3) is 0 Å². The summed E-state index contributed by atoms with van der Waals surface area (Å²) in [6, 6.07) is 12.5. The Morgan fingerprint density at radius 3 is 2.71 bits per heavy atom. The average molecular weight is 412 g/mol. The molecule has 0 saturated heterocycles. The van der Waals surface area contributed by atoms with E-state index in [2.05, 4.69) is 41.5 Å². The third-order valence-corrected chi connectivity index (χ3v) is 6.78. The lowest BCUT2D eigenvalue weighted by Gasteiger charge is -2.05. The molecule has 146 valence electrons. The zero-order valence-electron chi connectivity index (χ0n) is 16.3. The van der Waals surface area contributed by atoms with Gasteiger partial charge >= 0.3 is 0 Å². The summed E-state index contributed by atoms with van der Waals surface area (Å²) in [6.07, 6.45) is 5.44. The van der Waals surface area contributed by atoms with Crippen molar-refractivity contribution >= 4 is 29.0 Å². The number of pyridine rings is 1. The number of rotatable bonds is 9. The van der Waals surface area contributed by atoms with Gasteiger partial charge in [-0.1, -0.05) is 37.3 Å². The summed E-state index contributed by atoms with van der Waals surface area (Å²) in [7, 11) is 0. The van der Waals surface area contributed by atoms with Crippen LogP contribution in [-0.4, -0.2) is 28.2 Å². The molecule has 3 aromatic rings. The molecule has 0 aliphatic rings. The highest BCUT2D eigenvalue weighted by molar-refractivity contribution is 7.99. The highest BCUT2D eigenvalue weighted by Crippen LogP contribution is 2.30. The third kappa shape index (κ3) is 5.91. The van der Waals surface area contributed by atoms with Gasteiger partial charge in [-0.05, 0) is 37.0 Å². The second-order valence-electron chi connectivity index (χ2n) is 6.53. The van der Waals surface area contributed by atoms with E-state index in [0.29, 0.717) is 12.3 Å². The summed E-state index contributed by atoms with van der Waals surface area (Å²) in [5, 5.41) is 4.03. The summed E-state index contributed by atoms with van der Waals surface area (Å²) in [5.41, 5.74) is 4.69. The number of aromatic nitrogens is 2. The molecule has 1 amide bonds. The van der Waals surface area contributed by atoms with Gasteiger partial charge in [0.1, 0.15) is 5.01 Å². The van der Waals surface area contributed by atoms with Crippen LogP contribution in [0.15, 0.2) is 48.8 Å². The van der Waals surface area contributed by atoms with Crippen molar-refractivity contribution in [2.75, 3.05) is 12.3 Å². The number of thiazole rings is 1. The molecule has 0 atom stereocenters. The van der Waals surface area contributed by atoms with Crippen LogP contribution < -0.4 is 5.32 Å². The van der Waals surface area contributed by atoms with E-state index in [1.165, 1.54) is 10.4 Å². The predicted octanol–water partition coefficient (Wildman–Crippen LogP) is 4.67. The van der Waals surface area contributed by atoms with Gasteiger partial charge < -0.3 is 5.32 Å². The van der Waals surface area contributed by atoms with E-state index in [1.54, 1.807) is 29.3 Å². The van der Waals surface area contributed by atoms with Crippen molar-refractivity contribution in [3.8, 4) is 10.6 Å². The van der Waals surface area contributed by atoms with Crippen LogP contribution in [0.2, 0.25) is 0 Å². The van der Waals surface area contributed by atoms with Crippen LogP contribution in [0.4, 0.5) is 0 Å². The van der Waals surface area contributed by atoms with Crippen molar-refractivity contribution in [2.24, 2.45) is 0 Å². The van der Waals surface area contributed by atoms with E-state index in [1.807, 2.05) is 25.3 Å². The molecule has 0 unspecified atom stereocenters. The normalized spacial score (nSPS) is 10.8. The first-order valence-corrected chi connectivity index (χ1v) is 11.4. The average Bonchev–Trinajstić information content (AvgIpc) is 3.09. The Labute approximate surface area is 174 Å². The van der Waals surface area contributed by atoms with Crippen molar-refractivity contribution < 1.29 is 4.79 Å². The fourth-order valence-corrected chi connectivity index (χ4v) is 4.88. The van der Waals surface area contributed by atoms with Crippen LogP contribution in [-0.2, 0) is 23.4 Å². The van der Waals surface area contributed by atoms with Gasteiger partial charge in [0.05, 0.1) is 11.4 Å². The molecule has 28 heavy (non-hydrogen) atoms. The van der Waals surface area contributed by atoms with Gasteiger partial charge in [0.2, 0.25) is 5.91 Å². The number of hydrogen-bond acceptors (Lipinski definition) is 5. The van der Waals surface area contributed by atoms with Crippen molar-refractivity contribution in [2.45, 2.75) is 32.4 Å². The molecule has 0 saturated carbocycles. The molecule has 0 aliphatic carbocycles. The lowest BCUT2D eigenvalue weighted by Crippen LogP contribution is -2.27. The number of carbonyl (C=O) groups is 1. The maximum Gasteiger partial charge on any atom is 0.230 e. The molecular weight excluding hydrogens is 386 g/mol. The number of aryl methyl sites for hydroxylation is 2. The Hall–Kier alpha value is -2.18. The molecule has 4 nitrogen and oxygen atoms in total. The first-order valence-electron chi connectivity index (χ1n) is 9.44. The largest absolute Gasteiger partial charge is 0.355 e. The lowest BCUT2D eigenvalue weighted by molar-refractivity contribution is -0.118. The second kappa shape index (κ2) is 10.4. The van der Waals surface area contributed by atoms with Crippen LogP contribution >= 0.6 is 23.1 Å². The second-order valence-corrected chi connectivity index (χ2v) is 8.60. The van der Waals surface area contributed by atoms with Crippen molar-refractivity contribution in [3.05, 3.63) is 70.5 Å². The van der Waals surface area contributed by atoms with Crippen molar-refractivity contribution in [1.82, 2.24) is 15.3 Å². The Morgan fingerprint density at radius 2 is 2.00 bits per heavy atom. The maximum atomic E-state index is 12.0. The molecular formula is C22H25N3OS2. The highest BCUT2D eigenvalue weighted by Gasteiger charge is 2.10. The number of amides is 1. The summed E-state index contributed by atoms with van der Waals surface area (Å²) < 4.78 is 0. The SMILES string of the molecule is CCc1ccc(-c2nc(C)c(CSCC(=O)NCCc3cccnc3)s2)cc1. The number of benzene rings is 1. The zero-order chi connectivity index (χ0) is 19.8. The van der Waals surface area contributed by atoms with E-state index < -0.39 is 0 Å². The monoisotopic (exact) mass is 411 g/mol. The highest BCUT2D eigenvalue weighted by atomic mass is 32.2. The van der Waals surface area contributed by atoms with E-state index in [9.17, 15) is 4.79 Å². The van der Waals surface area contributed by atoms with Crippen LogP contribution in [0.1, 0.15) is 28.6 Å². The summed E-state index contributed by atoms with van der Waals surface area (Å²) >= 11 is 3.36. The fourth-order valence-electron chi connectivity index (χ4n) is 2.75. The maximum absolute atomic E-state index is 12.0. The molecule has 0 fully saturated rings. The quantitative estimate of drug-likeness (QED) is 0.556. The minimum Gasteiger partial charge on any atom is -0.355 e. The number of thioether (sulfide) groups is 1. The predicted molar refractivity (Wildman–Crippen MR) is 119 cm³/mol. The smallest absolute Gasteiger partial charge is 0.230 e. The molecule has 0 spiro atoms. The van der Waals surface area contributed by atoms with Gasteiger partial charge in [0, 0.05) is 35.1 Å². The molecule has 2 heterocycles. The van der Waals surface area contributed by atoms with Gasteiger partial charge in [-0.2, -0.15) is 0 Å². The molecule has 0 bridgehead atoms. The number of nitrogens with one attached hydrogen (secondary N) is 1. The summed E-state index contributed by atoms with van der Waals surface area (Å²) in [5.74, 6) is 1.35. The molecule has 6 heteroatoms. The van der Waals surface area contributed by atoms with Gasteiger partial charge in [0.15, 0.2) is 0 Å². The molecule has 1 N–H and O–H groups in total. The molecule has 2 aromatic heterocycles. The Balaban J connectivity index is 1.44. The standard InChI is InChI=1S/C22H25N3OS2/c1-3-17-6-8-19(9-7-17)22-25-16(2)20(28-22)14-27-15-21(26)24-12-10-18-5-4-11-23-13-18/h4-9,11,13H,3,10,12,14-15H2,1-2H3,(H,24,26). The van der Waals surface area contributed by atoms with E-state index >= 15 is 0 Å². The topological polar surface area (TPSA) is 54.9 Å². The summed E-state index contributed by atoms with van der Waals surface area (Å²) in [6.45, 7) is 4.85. The third-order valence-electron chi connectivity index (χ3n) is 4.43. The van der Waals surface area contributed by atoms with Crippen molar-refractivity contribution in [1.29, 1.82) is 0 Å². The Morgan fingerprint density at radius 1 is 1.18 bits per heavy atom. The van der Waals surface area contributed by atoms with E-state index in [-0.39, 0.29) is 5.91 Å². The number of carbonyl (C=O) groups excluding carboxylic acids is 1. The summed E-state index contributed by atoms with van der Waals surface area (Å²) in [4.78, 5) is 22.1. The molecule has 3 rings (SSSR count). The van der Waals surface area contributed by atoms with Gasteiger partial charge in [-0.15, -0.1) is 23.1 Å². The minimum atomic E-state index is 0.0754.